The molecule has 6 nitrogen and oxygen atoms in total. The second-order valence-electron chi connectivity index (χ2n) is 10.6. The summed E-state index contributed by atoms with van der Waals surface area (Å²) in [6, 6.07) is 4.02. The molecule has 0 rings (SSSR count). The van der Waals surface area contributed by atoms with Gasteiger partial charge < -0.3 is 28.4 Å². The molecule has 0 unspecified atom stereocenters. The van der Waals surface area contributed by atoms with E-state index in [2.05, 4.69) is 0 Å². The molecule has 0 saturated heterocycles. The molecule has 37 heavy (non-hydrogen) atoms. The lowest BCUT2D eigenvalue weighted by Crippen LogP contribution is -2.20. The Balaban J connectivity index is 4.08. The first kappa shape index (κ1) is 37.4. The van der Waals surface area contributed by atoms with Crippen LogP contribution in [-0.2, 0) is 28.4 Å². The quantitative estimate of drug-likeness (QED) is 0.0681. The highest BCUT2D eigenvalue weighted by atomic mass is 28.2. The van der Waals surface area contributed by atoms with Crippen LogP contribution in [0.3, 0.4) is 0 Å². The maximum absolute atomic E-state index is 5.36. The smallest absolute Gasteiger partial charge is 0.134 e. The molecule has 0 bridgehead atoms. The van der Waals surface area contributed by atoms with Gasteiger partial charge in [0.25, 0.3) is 0 Å². The third-order valence-electron chi connectivity index (χ3n) is 7.73. The van der Waals surface area contributed by atoms with Crippen LogP contribution in [0.2, 0.25) is 18.1 Å². The minimum atomic E-state index is -0.248. The number of unbranched alkanes of at least 4 members (excludes halogenated alkanes) is 9. The monoisotopic (exact) mass is 580 g/mol. The second kappa shape index (κ2) is 29.4. The van der Waals surface area contributed by atoms with Crippen LogP contribution < -0.4 is 0 Å². The van der Waals surface area contributed by atoms with E-state index in [1.54, 1.807) is 42.7 Å². The summed E-state index contributed by atoms with van der Waals surface area (Å²) in [5.41, 5.74) is 0. The summed E-state index contributed by atoms with van der Waals surface area (Å²) in [7, 11) is 9.84. The zero-order valence-corrected chi connectivity index (χ0v) is 29.9. The summed E-state index contributed by atoms with van der Waals surface area (Å²) < 4.78 is 32.1. The van der Waals surface area contributed by atoms with E-state index in [1.807, 2.05) is 0 Å². The van der Waals surface area contributed by atoms with Crippen LogP contribution in [0.25, 0.3) is 0 Å². The van der Waals surface area contributed by atoms with Crippen LogP contribution >= 0.6 is 0 Å². The van der Waals surface area contributed by atoms with Crippen LogP contribution in [-0.4, -0.2) is 89.0 Å². The predicted molar refractivity (Wildman–Crippen MR) is 166 cm³/mol. The molecule has 0 aromatic carbocycles. The van der Waals surface area contributed by atoms with E-state index in [-0.39, 0.29) is 46.3 Å². The van der Waals surface area contributed by atoms with E-state index in [9.17, 15) is 0 Å². The third kappa shape index (κ3) is 24.0. The Kier molecular flexibility index (Phi) is 29.7. The molecule has 0 aromatic heterocycles. The van der Waals surface area contributed by atoms with Crippen molar-refractivity contribution >= 4 is 28.6 Å². The van der Waals surface area contributed by atoms with Gasteiger partial charge in [0, 0.05) is 42.7 Å². The summed E-state index contributed by atoms with van der Waals surface area (Å²) in [6.07, 6.45) is 20.9. The molecule has 0 atom stereocenters. The number of rotatable bonds is 30. The standard InChI is InChI=1S/C28H64O6Si3/c1-29-26(30-2)35-22-16-10-7-13-19-25(20-14-8-11-17-23-36-27(31-3)32-4)21-15-9-12-18-24-37-28(33-5)34-6/h25-28H,7-24,35-37H2,1-6H3. The van der Waals surface area contributed by atoms with E-state index in [0.717, 1.165) is 5.92 Å². The Bertz CT molecular complexity index is 376. The van der Waals surface area contributed by atoms with Crippen LogP contribution in [0.1, 0.15) is 96.3 Å². The van der Waals surface area contributed by atoms with Crippen molar-refractivity contribution in [1.29, 1.82) is 0 Å². The fourth-order valence-electron chi connectivity index (χ4n) is 5.25. The van der Waals surface area contributed by atoms with Gasteiger partial charge in [-0.1, -0.05) is 114 Å². The van der Waals surface area contributed by atoms with Crippen molar-refractivity contribution in [2.24, 2.45) is 5.92 Å². The van der Waals surface area contributed by atoms with Crippen LogP contribution in [0.4, 0.5) is 0 Å². The highest BCUT2D eigenvalue weighted by Crippen LogP contribution is 2.24. The number of hydrogen-bond donors (Lipinski definition) is 0. The van der Waals surface area contributed by atoms with Crippen molar-refractivity contribution in [3.63, 3.8) is 0 Å². The summed E-state index contributed by atoms with van der Waals surface area (Å²) in [6.45, 7) is 0. The molecule has 0 N–H and O–H groups in total. The molecule has 0 spiro atoms. The molecule has 0 aromatic rings. The average molecular weight is 581 g/mol. The van der Waals surface area contributed by atoms with Gasteiger partial charge in [0.15, 0.2) is 0 Å². The van der Waals surface area contributed by atoms with E-state index >= 15 is 0 Å². The molecule has 0 aliphatic rings. The van der Waals surface area contributed by atoms with Crippen molar-refractivity contribution in [2.75, 3.05) is 42.7 Å². The topological polar surface area (TPSA) is 55.4 Å². The van der Waals surface area contributed by atoms with E-state index in [4.69, 9.17) is 28.4 Å². The Morgan fingerprint density at radius 1 is 0.351 bits per heavy atom. The van der Waals surface area contributed by atoms with Crippen molar-refractivity contribution in [1.82, 2.24) is 0 Å². The Hall–Kier alpha value is 0.411. The molecular weight excluding hydrogens is 517 g/mol. The van der Waals surface area contributed by atoms with Crippen LogP contribution in [0.5, 0.6) is 0 Å². The Labute approximate surface area is 237 Å². The van der Waals surface area contributed by atoms with Crippen LogP contribution in [0.15, 0.2) is 0 Å². The second-order valence-corrected chi connectivity index (χ2v) is 16.5. The van der Waals surface area contributed by atoms with Gasteiger partial charge in [-0.15, -0.1) is 0 Å². The fourth-order valence-corrected chi connectivity index (χ4v) is 9.59. The SMILES string of the molecule is COC(OC)[SiH2]CCCCCCC(CCCCCC[SiH2]C(OC)OC)CCCCCC[SiH2]C(OC)OC. The molecule has 0 aliphatic carbocycles. The summed E-state index contributed by atoms with van der Waals surface area (Å²) in [5.74, 6) is 1.26. The number of methoxy groups -OCH3 is 6. The molecule has 0 saturated carbocycles. The Morgan fingerprint density at radius 2 is 0.595 bits per heavy atom. The van der Waals surface area contributed by atoms with E-state index in [1.165, 1.54) is 114 Å². The largest absolute Gasteiger partial charge is 0.360 e. The highest BCUT2D eigenvalue weighted by molar-refractivity contribution is 6.37. The summed E-state index contributed by atoms with van der Waals surface area (Å²) in [4.78, 5) is 0. The van der Waals surface area contributed by atoms with Crippen molar-refractivity contribution in [3.05, 3.63) is 0 Å². The zero-order valence-electron chi connectivity index (χ0n) is 25.6. The van der Waals surface area contributed by atoms with Gasteiger partial charge in [-0.05, 0) is 5.92 Å². The van der Waals surface area contributed by atoms with Gasteiger partial charge in [0.1, 0.15) is 17.7 Å². The molecular formula is C28H64O6Si3. The predicted octanol–water partition coefficient (Wildman–Crippen LogP) is 4.94. The lowest BCUT2D eigenvalue weighted by atomic mass is 9.90. The molecule has 224 valence electrons. The molecule has 0 heterocycles. The van der Waals surface area contributed by atoms with Gasteiger partial charge in [-0.2, -0.15) is 0 Å². The minimum Gasteiger partial charge on any atom is -0.360 e. The summed E-state index contributed by atoms with van der Waals surface area (Å²) >= 11 is 0. The molecule has 0 fully saturated rings. The minimum absolute atomic E-state index is 0.108. The average Bonchev–Trinajstić information content (AvgIpc) is 2.92. The first-order valence-corrected chi connectivity index (χ1v) is 20.8. The normalized spacial score (nSPS) is 13.9. The first-order chi connectivity index (χ1) is 18.1. The fraction of sp³-hybridized carbons (Fsp3) is 1.00. The first-order valence-electron chi connectivity index (χ1n) is 15.3. The zero-order chi connectivity index (χ0) is 27.4. The van der Waals surface area contributed by atoms with Crippen molar-refractivity contribution in [2.45, 2.75) is 132 Å². The molecule has 0 aliphatic heterocycles. The van der Waals surface area contributed by atoms with E-state index in [0.29, 0.717) is 0 Å². The summed E-state index contributed by atoms with van der Waals surface area (Å²) in [5, 5.41) is 0. The molecule has 9 heteroatoms. The van der Waals surface area contributed by atoms with Gasteiger partial charge in [0.05, 0.1) is 28.6 Å². The molecule has 0 radical (unpaired) electrons. The maximum Gasteiger partial charge on any atom is 0.134 e. The Morgan fingerprint density at radius 3 is 0.838 bits per heavy atom. The van der Waals surface area contributed by atoms with Gasteiger partial charge >= 0.3 is 0 Å². The lowest BCUT2D eigenvalue weighted by molar-refractivity contribution is -0.0442. The van der Waals surface area contributed by atoms with Crippen molar-refractivity contribution < 1.29 is 28.4 Å². The van der Waals surface area contributed by atoms with Gasteiger partial charge in [-0.3, -0.25) is 0 Å². The van der Waals surface area contributed by atoms with Crippen LogP contribution in [0, 0.1) is 5.92 Å². The number of hydrogen-bond acceptors (Lipinski definition) is 6. The lowest BCUT2D eigenvalue weighted by Gasteiger charge is -2.17. The van der Waals surface area contributed by atoms with Gasteiger partial charge in [0.2, 0.25) is 0 Å². The third-order valence-corrected chi connectivity index (χ3v) is 13.9. The number of ether oxygens (including phenoxy) is 6. The maximum atomic E-state index is 5.36. The van der Waals surface area contributed by atoms with Crippen molar-refractivity contribution in [3.8, 4) is 0 Å². The highest BCUT2D eigenvalue weighted by Gasteiger charge is 2.10. The van der Waals surface area contributed by atoms with Gasteiger partial charge in [-0.25, -0.2) is 0 Å². The molecule has 0 amide bonds. The van der Waals surface area contributed by atoms with E-state index < -0.39 is 0 Å².